The summed E-state index contributed by atoms with van der Waals surface area (Å²) in [5.41, 5.74) is -1.32. The van der Waals surface area contributed by atoms with Gasteiger partial charge in [0.15, 0.2) is 0 Å². The third-order valence-corrected chi connectivity index (χ3v) is 3.42. The van der Waals surface area contributed by atoms with Crippen molar-refractivity contribution in [3.05, 3.63) is 0 Å². The van der Waals surface area contributed by atoms with E-state index in [0.29, 0.717) is 12.5 Å². The van der Waals surface area contributed by atoms with Crippen molar-refractivity contribution >= 4 is 12.1 Å². The molecule has 1 fully saturated rings. The number of hydrogen-bond donors (Lipinski definition) is 1. The maximum atomic E-state index is 11.9. The second-order valence-corrected chi connectivity index (χ2v) is 7.47. The fraction of sp³-hybridized carbons (Fsp3) is 0.875. The molecule has 1 aliphatic heterocycles. The van der Waals surface area contributed by atoms with Crippen molar-refractivity contribution < 1.29 is 24.2 Å². The number of rotatable bonds is 7. The molecule has 0 unspecified atom stereocenters. The molecule has 0 atom stereocenters. The van der Waals surface area contributed by atoms with E-state index in [4.69, 9.17) is 14.6 Å². The molecule has 1 amide bonds. The number of amides is 1. The molecule has 22 heavy (non-hydrogen) atoms. The Balaban J connectivity index is 2.48. The Morgan fingerprint density at radius 1 is 1.27 bits per heavy atom. The Morgan fingerprint density at radius 3 is 2.32 bits per heavy atom. The summed E-state index contributed by atoms with van der Waals surface area (Å²) in [5.74, 6) is -0.314. The number of carbonyl (C=O) groups is 2. The van der Waals surface area contributed by atoms with E-state index in [1.165, 1.54) is 4.90 Å². The van der Waals surface area contributed by atoms with Crippen LogP contribution in [0, 0.1) is 5.92 Å². The normalized spacial score (nSPS) is 17.3. The molecule has 6 heteroatoms. The summed E-state index contributed by atoms with van der Waals surface area (Å²) in [7, 11) is 0. The van der Waals surface area contributed by atoms with Gasteiger partial charge < -0.3 is 19.5 Å². The molecule has 0 bridgehead atoms. The molecule has 6 nitrogen and oxygen atoms in total. The van der Waals surface area contributed by atoms with Gasteiger partial charge >= 0.3 is 12.1 Å². The minimum absolute atomic E-state index is 0.0893. The van der Waals surface area contributed by atoms with E-state index in [0.717, 1.165) is 12.8 Å². The van der Waals surface area contributed by atoms with Crippen molar-refractivity contribution in [1.29, 1.82) is 0 Å². The van der Waals surface area contributed by atoms with Crippen LogP contribution in [0.15, 0.2) is 0 Å². The highest BCUT2D eigenvalue weighted by molar-refractivity contribution is 5.72. The summed E-state index contributed by atoms with van der Waals surface area (Å²) in [6, 6.07) is 0. The van der Waals surface area contributed by atoms with Crippen molar-refractivity contribution in [3.8, 4) is 0 Å². The monoisotopic (exact) mass is 315 g/mol. The van der Waals surface area contributed by atoms with E-state index in [2.05, 4.69) is 13.8 Å². The van der Waals surface area contributed by atoms with E-state index < -0.39 is 23.3 Å². The highest BCUT2D eigenvalue weighted by atomic mass is 16.6. The lowest BCUT2D eigenvalue weighted by atomic mass is 9.90. The molecule has 0 aromatic rings. The van der Waals surface area contributed by atoms with Gasteiger partial charge in [0.05, 0.1) is 19.5 Å². The van der Waals surface area contributed by atoms with Gasteiger partial charge in [0.25, 0.3) is 0 Å². The molecule has 0 radical (unpaired) electrons. The Morgan fingerprint density at radius 2 is 1.86 bits per heavy atom. The number of carboxylic acids is 1. The molecule has 1 aliphatic rings. The molecule has 1 heterocycles. The van der Waals surface area contributed by atoms with Crippen molar-refractivity contribution in [2.45, 2.75) is 65.1 Å². The third kappa shape index (κ3) is 6.22. The molecular weight excluding hydrogens is 286 g/mol. The maximum Gasteiger partial charge on any atom is 0.410 e. The van der Waals surface area contributed by atoms with Gasteiger partial charge in [-0.3, -0.25) is 4.79 Å². The summed E-state index contributed by atoms with van der Waals surface area (Å²) in [6.45, 7) is 10.8. The summed E-state index contributed by atoms with van der Waals surface area (Å²) in [4.78, 5) is 24.5. The van der Waals surface area contributed by atoms with Crippen LogP contribution in [0.5, 0.6) is 0 Å². The number of nitrogens with zero attached hydrogens (tertiary/aromatic N) is 1. The highest BCUT2D eigenvalue weighted by Crippen LogP contribution is 2.30. The SMILES string of the molecule is CC(C)CCCOC1(CC(=O)O)CN(C(=O)OC(C)(C)C)C1. The van der Waals surface area contributed by atoms with Crippen LogP contribution in [0.2, 0.25) is 0 Å². The number of likely N-dealkylation sites (tertiary alicyclic amines) is 1. The topological polar surface area (TPSA) is 76.1 Å². The molecule has 128 valence electrons. The number of carboxylic acid groups (broad SMARTS) is 1. The molecule has 0 spiro atoms. The van der Waals surface area contributed by atoms with E-state index in [1.54, 1.807) is 20.8 Å². The number of carbonyl (C=O) groups excluding carboxylic acids is 1. The first kappa shape index (κ1) is 18.7. The van der Waals surface area contributed by atoms with E-state index in [9.17, 15) is 9.59 Å². The zero-order valence-electron chi connectivity index (χ0n) is 14.3. The minimum atomic E-state index is -0.910. The van der Waals surface area contributed by atoms with Crippen LogP contribution in [0.1, 0.15) is 53.9 Å². The summed E-state index contributed by atoms with van der Waals surface area (Å²) >= 11 is 0. The summed E-state index contributed by atoms with van der Waals surface area (Å²) < 4.78 is 11.1. The molecular formula is C16H29NO5. The second kappa shape index (κ2) is 7.31. The summed E-state index contributed by atoms with van der Waals surface area (Å²) in [5, 5.41) is 9.06. The number of hydrogen-bond acceptors (Lipinski definition) is 4. The van der Waals surface area contributed by atoms with Crippen LogP contribution in [-0.4, -0.2) is 53.0 Å². The smallest absolute Gasteiger partial charge is 0.410 e. The lowest BCUT2D eigenvalue weighted by molar-refractivity contribution is -0.166. The van der Waals surface area contributed by atoms with Crippen molar-refractivity contribution in [2.75, 3.05) is 19.7 Å². The van der Waals surface area contributed by atoms with Gasteiger partial charge in [0.1, 0.15) is 11.2 Å². The van der Waals surface area contributed by atoms with Gasteiger partial charge in [-0.05, 0) is 39.5 Å². The Bertz CT molecular complexity index is 394. The predicted octanol–water partition coefficient (Wildman–Crippen LogP) is 2.90. The summed E-state index contributed by atoms with van der Waals surface area (Å²) in [6.07, 6.45) is 1.43. The first-order chi connectivity index (χ1) is 10.0. The molecule has 0 saturated carbocycles. The lowest BCUT2D eigenvalue weighted by Gasteiger charge is -2.48. The van der Waals surface area contributed by atoms with Crippen molar-refractivity contribution in [2.24, 2.45) is 5.92 Å². The Labute approximate surface area is 132 Å². The van der Waals surface area contributed by atoms with E-state index in [-0.39, 0.29) is 19.5 Å². The van der Waals surface area contributed by atoms with Gasteiger partial charge in [0.2, 0.25) is 0 Å². The first-order valence-corrected chi connectivity index (χ1v) is 7.87. The minimum Gasteiger partial charge on any atom is -0.481 e. The van der Waals surface area contributed by atoms with E-state index >= 15 is 0 Å². The molecule has 0 aromatic carbocycles. The maximum absolute atomic E-state index is 11.9. The van der Waals surface area contributed by atoms with Gasteiger partial charge in [-0.1, -0.05) is 13.8 Å². The van der Waals surface area contributed by atoms with Crippen LogP contribution < -0.4 is 0 Å². The molecule has 1 saturated heterocycles. The number of aliphatic carboxylic acids is 1. The van der Waals surface area contributed by atoms with Crippen LogP contribution in [-0.2, 0) is 14.3 Å². The van der Waals surface area contributed by atoms with Crippen LogP contribution >= 0.6 is 0 Å². The van der Waals surface area contributed by atoms with Gasteiger partial charge in [-0.25, -0.2) is 4.79 Å². The molecule has 0 aromatic heterocycles. The van der Waals surface area contributed by atoms with Crippen LogP contribution in [0.3, 0.4) is 0 Å². The average molecular weight is 315 g/mol. The number of ether oxygens (including phenoxy) is 2. The molecule has 0 aliphatic carbocycles. The first-order valence-electron chi connectivity index (χ1n) is 7.87. The highest BCUT2D eigenvalue weighted by Gasteiger charge is 2.49. The predicted molar refractivity (Wildman–Crippen MR) is 82.8 cm³/mol. The second-order valence-electron chi connectivity index (χ2n) is 7.47. The molecule has 1 N–H and O–H groups in total. The van der Waals surface area contributed by atoms with E-state index in [1.807, 2.05) is 0 Å². The zero-order chi connectivity index (χ0) is 17.0. The van der Waals surface area contributed by atoms with Gasteiger partial charge in [-0.15, -0.1) is 0 Å². The lowest BCUT2D eigenvalue weighted by Crippen LogP contribution is -2.66. The molecule has 1 rings (SSSR count). The quantitative estimate of drug-likeness (QED) is 0.731. The standard InChI is InChI=1S/C16H29NO5/c1-12(2)7-6-8-21-16(9-13(18)19)10-17(11-16)14(20)22-15(3,4)5/h12H,6-11H2,1-5H3,(H,18,19). The Kier molecular flexibility index (Phi) is 6.23. The van der Waals surface area contributed by atoms with Gasteiger partial charge in [-0.2, -0.15) is 0 Å². The fourth-order valence-corrected chi connectivity index (χ4v) is 2.41. The van der Waals surface area contributed by atoms with Crippen LogP contribution in [0.4, 0.5) is 4.79 Å². The van der Waals surface area contributed by atoms with Crippen molar-refractivity contribution in [3.63, 3.8) is 0 Å². The third-order valence-electron chi connectivity index (χ3n) is 3.42. The van der Waals surface area contributed by atoms with Crippen LogP contribution in [0.25, 0.3) is 0 Å². The van der Waals surface area contributed by atoms with Gasteiger partial charge in [0, 0.05) is 6.61 Å². The average Bonchev–Trinajstić information content (AvgIpc) is 2.26. The fourth-order valence-electron chi connectivity index (χ4n) is 2.41. The van der Waals surface area contributed by atoms with Crippen molar-refractivity contribution in [1.82, 2.24) is 4.90 Å². The largest absolute Gasteiger partial charge is 0.481 e. The zero-order valence-corrected chi connectivity index (χ0v) is 14.3. The Hall–Kier alpha value is -1.30.